The van der Waals surface area contributed by atoms with E-state index in [0.717, 1.165) is 17.0 Å². The van der Waals surface area contributed by atoms with E-state index < -0.39 is 0 Å². The molecule has 0 aliphatic carbocycles. The lowest BCUT2D eigenvalue weighted by atomic mass is 10.3. The Balaban J connectivity index is 2.13. The van der Waals surface area contributed by atoms with E-state index in [1.807, 2.05) is 24.3 Å². The summed E-state index contributed by atoms with van der Waals surface area (Å²) in [6.07, 6.45) is 4.99. The fourth-order valence-corrected chi connectivity index (χ4v) is 1.34. The van der Waals surface area contributed by atoms with Gasteiger partial charge in [0, 0.05) is 30.2 Å². The molecule has 2 rings (SSSR count). The van der Waals surface area contributed by atoms with E-state index in [2.05, 4.69) is 15.0 Å². The van der Waals surface area contributed by atoms with E-state index in [-0.39, 0.29) is 0 Å². The Kier molecular flexibility index (Phi) is 3.86. The molecule has 1 aromatic heterocycles. The third-order valence-corrected chi connectivity index (χ3v) is 2.25. The van der Waals surface area contributed by atoms with Crippen LogP contribution in [0.2, 0.25) is 0 Å². The van der Waals surface area contributed by atoms with Gasteiger partial charge in [0.15, 0.2) is 0 Å². The molecule has 0 spiro atoms. The summed E-state index contributed by atoms with van der Waals surface area (Å²) in [5.41, 5.74) is 1.61. The molecule has 1 aromatic carbocycles. The Hall–Kier alpha value is -2.43. The van der Waals surface area contributed by atoms with Crippen LogP contribution in [0.5, 0.6) is 11.8 Å². The van der Waals surface area contributed by atoms with Gasteiger partial charge in [-0.05, 0) is 12.1 Å². The third-order valence-electron chi connectivity index (χ3n) is 2.25. The van der Waals surface area contributed by atoms with Crippen LogP contribution in [0.3, 0.4) is 0 Å². The van der Waals surface area contributed by atoms with Crippen molar-refractivity contribution >= 4 is 11.9 Å². The van der Waals surface area contributed by atoms with Gasteiger partial charge in [0.05, 0.1) is 19.9 Å². The molecule has 0 saturated heterocycles. The van der Waals surface area contributed by atoms with Gasteiger partial charge in [0.25, 0.3) is 0 Å². The van der Waals surface area contributed by atoms with Crippen LogP contribution in [0.1, 0.15) is 5.56 Å². The van der Waals surface area contributed by atoms with Gasteiger partial charge < -0.3 is 9.47 Å². The first kappa shape index (κ1) is 12.0. The van der Waals surface area contributed by atoms with Crippen molar-refractivity contribution in [2.24, 2.45) is 4.99 Å². The van der Waals surface area contributed by atoms with Crippen molar-refractivity contribution in [3.05, 3.63) is 42.2 Å². The van der Waals surface area contributed by atoms with Gasteiger partial charge in [-0.1, -0.05) is 6.07 Å². The number of hydrogen-bond donors (Lipinski definition) is 0. The fourth-order valence-electron chi connectivity index (χ4n) is 1.34. The molecule has 0 aliphatic rings. The number of aliphatic imine (C=N–C) groups is 1. The van der Waals surface area contributed by atoms with E-state index >= 15 is 0 Å². The molecule has 0 atom stereocenters. The average Bonchev–Trinajstić information content (AvgIpc) is 2.46. The first-order valence-corrected chi connectivity index (χ1v) is 5.36. The predicted octanol–water partition coefficient (Wildman–Crippen LogP) is 2.24. The fraction of sp³-hybridized carbons (Fsp3) is 0.154. The second-order valence-electron chi connectivity index (χ2n) is 3.46. The molecule has 5 nitrogen and oxygen atoms in total. The van der Waals surface area contributed by atoms with Crippen molar-refractivity contribution in [2.75, 3.05) is 14.2 Å². The predicted molar refractivity (Wildman–Crippen MR) is 68.8 cm³/mol. The van der Waals surface area contributed by atoms with Gasteiger partial charge in [-0.2, -0.15) is 0 Å². The molecule has 0 saturated carbocycles. The minimum Gasteiger partial charge on any atom is -0.497 e. The highest BCUT2D eigenvalue weighted by atomic mass is 16.5. The van der Waals surface area contributed by atoms with Gasteiger partial charge >= 0.3 is 6.01 Å². The molecule has 0 amide bonds. The van der Waals surface area contributed by atoms with Crippen molar-refractivity contribution in [2.45, 2.75) is 0 Å². The maximum atomic E-state index is 5.12. The normalized spacial score (nSPS) is 10.6. The maximum Gasteiger partial charge on any atom is 0.316 e. The molecule has 0 fully saturated rings. The Morgan fingerprint density at radius 3 is 2.56 bits per heavy atom. The highest BCUT2D eigenvalue weighted by Crippen LogP contribution is 2.19. The molecule has 0 radical (unpaired) electrons. The smallest absolute Gasteiger partial charge is 0.316 e. The lowest BCUT2D eigenvalue weighted by Crippen LogP contribution is -1.92. The van der Waals surface area contributed by atoms with Gasteiger partial charge in [-0.15, -0.1) is 0 Å². The molecule has 1 heterocycles. The van der Waals surface area contributed by atoms with E-state index in [4.69, 9.17) is 9.47 Å². The summed E-state index contributed by atoms with van der Waals surface area (Å²) < 4.78 is 10.0. The zero-order valence-corrected chi connectivity index (χ0v) is 10.2. The van der Waals surface area contributed by atoms with Crippen LogP contribution in [0.25, 0.3) is 0 Å². The van der Waals surface area contributed by atoms with E-state index in [0.29, 0.717) is 6.01 Å². The summed E-state index contributed by atoms with van der Waals surface area (Å²) in [5.74, 6) is 0.774. The topological polar surface area (TPSA) is 56.6 Å². The zero-order valence-electron chi connectivity index (χ0n) is 10.2. The van der Waals surface area contributed by atoms with Crippen LogP contribution < -0.4 is 9.47 Å². The molecule has 2 aromatic rings. The number of benzene rings is 1. The monoisotopic (exact) mass is 243 g/mol. The summed E-state index contributed by atoms with van der Waals surface area (Å²) in [4.78, 5) is 12.3. The average molecular weight is 243 g/mol. The second kappa shape index (κ2) is 5.77. The number of nitrogens with zero attached hydrogens (tertiary/aromatic N) is 3. The lowest BCUT2D eigenvalue weighted by Gasteiger charge is -2.00. The quantitative estimate of drug-likeness (QED) is 0.773. The van der Waals surface area contributed by atoms with Crippen molar-refractivity contribution in [1.82, 2.24) is 9.97 Å². The number of ether oxygens (including phenoxy) is 2. The summed E-state index contributed by atoms with van der Waals surface area (Å²) in [6.45, 7) is 0. The van der Waals surface area contributed by atoms with Crippen molar-refractivity contribution in [3.63, 3.8) is 0 Å². The van der Waals surface area contributed by atoms with Crippen LogP contribution in [0, 0.1) is 0 Å². The van der Waals surface area contributed by atoms with E-state index in [9.17, 15) is 0 Å². The van der Waals surface area contributed by atoms with Gasteiger partial charge in [0.2, 0.25) is 0 Å². The summed E-state index contributed by atoms with van der Waals surface area (Å²) in [7, 11) is 3.15. The molecular formula is C13H13N3O2. The Bertz CT molecular complexity index is 538. The van der Waals surface area contributed by atoms with Gasteiger partial charge in [-0.3, -0.25) is 4.99 Å². The van der Waals surface area contributed by atoms with Crippen molar-refractivity contribution < 1.29 is 9.47 Å². The minimum absolute atomic E-state index is 0.341. The Morgan fingerprint density at radius 1 is 1.11 bits per heavy atom. The molecular weight excluding hydrogens is 230 g/mol. The van der Waals surface area contributed by atoms with E-state index in [1.165, 1.54) is 7.11 Å². The first-order valence-electron chi connectivity index (χ1n) is 5.36. The molecule has 5 heteroatoms. The van der Waals surface area contributed by atoms with Gasteiger partial charge in [0.1, 0.15) is 5.75 Å². The summed E-state index contributed by atoms with van der Waals surface area (Å²) in [6, 6.07) is 7.84. The number of methoxy groups -OCH3 is 2. The van der Waals surface area contributed by atoms with Crippen LogP contribution in [0.15, 0.2) is 41.7 Å². The van der Waals surface area contributed by atoms with Crippen molar-refractivity contribution in [1.29, 1.82) is 0 Å². The minimum atomic E-state index is 0.341. The molecule has 0 N–H and O–H groups in total. The SMILES string of the molecule is COc1cccc(N=Cc2cnc(OC)nc2)c1. The van der Waals surface area contributed by atoms with E-state index in [1.54, 1.807) is 25.7 Å². The molecule has 18 heavy (non-hydrogen) atoms. The molecule has 0 aliphatic heterocycles. The standard InChI is InChI=1S/C13H13N3O2/c1-17-12-5-3-4-11(6-12)14-7-10-8-15-13(18-2)16-9-10/h3-9H,1-2H3. The molecule has 92 valence electrons. The summed E-state index contributed by atoms with van der Waals surface area (Å²) in [5, 5.41) is 0. The van der Waals surface area contributed by atoms with Crippen LogP contribution in [0.4, 0.5) is 5.69 Å². The van der Waals surface area contributed by atoms with Crippen molar-refractivity contribution in [3.8, 4) is 11.8 Å². The second-order valence-corrected chi connectivity index (χ2v) is 3.46. The van der Waals surface area contributed by atoms with Crippen LogP contribution in [-0.2, 0) is 0 Å². The van der Waals surface area contributed by atoms with Crippen LogP contribution >= 0.6 is 0 Å². The maximum absolute atomic E-state index is 5.12. The largest absolute Gasteiger partial charge is 0.497 e. The van der Waals surface area contributed by atoms with Crippen LogP contribution in [-0.4, -0.2) is 30.4 Å². The lowest BCUT2D eigenvalue weighted by molar-refractivity contribution is 0.379. The Morgan fingerprint density at radius 2 is 1.89 bits per heavy atom. The third kappa shape index (κ3) is 3.04. The highest BCUT2D eigenvalue weighted by Gasteiger charge is 1.95. The zero-order chi connectivity index (χ0) is 12.8. The number of hydrogen-bond acceptors (Lipinski definition) is 5. The summed E-state index contributed by atoms with van der Waals surface area (Å²) >= 11 is 0. The first-order chi connectivity index (χ1) is 8.81. The number of aromatic nitrogens is 2. The highest BCUT2D eigenvalue weighted by molar-refractivity contribution is 5.81. The molecule has 0 unspecified atom stereocenters. The molecule has 0 bridgehead atoms. The Labute approximate surface area is 105 Å². The number of rotatable bonds is 4. The van der Waals surface area contributed by atoms with Gasteiger partial charge in [-0.25, -0.2) is 9.97 Å².